The van der Waals surface area contributed by atoms with Gasteiger partial charge in [0, 0.05) is 37.6 Å². The number of nitrogens with one attached hydrogen (secondary N) is 1. The number of halogens is 3. The minimum absolute atomic E-state index is 0.0156. The van der Waals surface area contributed by atoms with Crippen molar-refractivity contribution in [1.29, 1.82) is 0 Å². The van der Waals surface area contributed by atoms with Crippen molar-refractivity contribution < 1.29 is 37.4 Å². The zero-order chi connectivity index (χ0) is 20.2. The second-order valence-corrected chi connectivity index (χ2v) is 5.51. The number of phenolic OH excluding ortho intramolecular Hbond substituents is 1. The smallest absolute Gasteiger partial charge is 0.490 e. The molecule has 11 heteroatoms. The average Bonchev–Trinajstić information content (AvgIpc) is 2.61. The van der Waals surface area contributed by atoms with Crippen LogP contribution < -0.4 is 10.9 Å². The molecule has 3 rings (SSSR count). The largest absolute Gasteiger partial charge is 0.508 e. The van der Waals surface area contributed by atoms with Crippen molar-refractivity contribution in [1.82, 2.24) is 10.2 Å². The van der Waals surface area contributed by atoms with E-state index in [4.69, 9.17) is 14.3 Å². The van der Waals surface area contributed by atoms with Crippen LogP contribution in [0.3, 0.4) is 0 Å². The van der Waals surface area contributed by atoms with Crippen molar-refractivity contribution in [2.45, 2.75) is 6.18 Å². The van der Waals surface area contributed by atoms with Gasteiger partial charge in [-0.25, -0.2) is 9.59 Å². The molecular formula is C16H15F3N2O6. The van der Waals surface area contributed by atoms with Crippen molar-refractivity contribution in [2.75, 3.05) is 26.2 Å². The summed E-state index contributed by atoms with van der Waals surface area (Å²) in [7, 11) is 0. The van der Waals surface area contributed by atoms with Crippen LogP contribution in [0.15, 0.2) is 33.5 Å². The van der Waals surface area contributed by atoms with Crippen LogP contribution in [0.1, 0.15) is 10.4 Å². The second-order valence-electron chi connectivity index (χ2n) is 5.51. The minimum Gasteiger partial charge on any atom is -0.508 e. The molecule has 1 fully saturated rings. The van der Waals surface area contributed by atoms with Crippen molar-refractivity contribution >= 4 is 22.8 Å². The number of phenols is 1. The number of hydrogen-bond acceptors (Lipinski definition) is 6. The lowest BCUT2D eigenvalue weighted by atomic mass is 10.1. The fourth-order valence-electron chi connectivity index (χ4n) is 2.29. The number of aromatic hydroxyl groups is 1. The first-order valence-corrected chi connectivity index (χ1v) is 7.66. The van der Waals surface area contributed by atoms with Crippen LogP contribution in [0.2, 0.25) is 0 Å². The molecule has 0 atom stereocenters. The highest BCUT2D eigenvalue weighted by molar-refractivity contribution is 5.96. The molecule has 146 valence electrons. The predicted molar refractivity (Wildman–Crippen MR) is 86.6 cm³/mol. The molecule has 1 amide bonds. The Kier molecular flexibility index (Phi) is 6.05. The van der Waals surface area contributed by atoms with E-state index in [9.17, 15) is 27.9 Å². The van der Waals surface area contributed by atoms with Gasteiger partial charge in [0.2, 0.25) is 0 Å². The molecule has 0 radical (unpaired) electrons. The first-order valence-electron chi connectivity index (χ1n) is 7.66. The van der Waals surface area contributed by atoms with E-state index in [0.717, 1.165) is 13.1 Å². The van der Waals surface area contributed by atoms with Gasteiger partial charge in [-0.2, -0.15) is 13.2 Å². The van der Waals surface area contributed by atoms with Crippen LogP contribution in [-0.2, 0) is 4.79 Å². The summed E-state index contributed by atoms with van der Waals surface area (Å²) in [4.78, 5) is 34.8. The molecule has 2 aromatic rings. The number of carbonyl (C=O) groups excluding carboxylic acids is 1. The fraction of sp³-hybridized carbons (Fsp3) is 0.312. The van der Waals surface area contributed by atoms with Gasteiger partial charge < -0.3 is 24.8 Å². The van der Waals surface area contributed by atoms with E-state index in [1.54, 1.807) is 11.0 Å². The Labute approximate surface area is 149 Å². The molecule has 1 aliphatic rings. The number of fused-ring (bicyclic) bond motifs is 1. The number of carboxylic acid groups (broad SMARTS) is 1. The molecule has 0 aliphatic carbocycles. The lowest BCUT2D eigenvalue weighted by Gasteiger charge is -2.27. The van der Waals surface area contributed by atoms with E-state index in [0.29, 0.717) is 18.5 Å². The van der Waals surface area contributed by atoms with Gasteiger partial charge in [-0.15, -0.1) is 0 Å². The number of carbonyl (C=O) groups is 2. The summed E-state index contributed by atoms with van der Waals surface area (Å²) in [5, 5.41) is 20.2. The zero-order valence-electron chi connectivity index (χ0n) is 13.7. The Morgan fingerprint density at radius 3 is 2.30 bits per heavy atom. The van der Waals surface area contributed by atoms with E-state index in [2.05, 4.69) is 5.32 Å². The monoisotopic (exact) mass is 388 g/mol. The molecule has 0 spiro atoms. The Morgan fingerprint density at radius 1 is 1.15 bits per heavy atom. The Balaban J connectivity index is 0.000000321. The van der Waals surface area contributed by atoms with Crippen LogP contribution >= 0.6 is 0 Å². The van der Waals surface area contributed by atoms with Gasteiger partial charge in [0.15, 0.2) is 0 Å². The lowest BCUT2D eigenvalue weighted by Crippen LogP contribution is -2.47. The topological polar surface area (TPSA) is 120 Å². The molecule has 3 N–H and O–H groups in total. The maximum Gasteiger partial charge on any atom is 0.490 e. The van der Waals surface area contributed by atoms with Gasteiger partial charge in [-0.05, 0) is 18.2 Å². The maximum absolute atomic E-state index is 12.3. The Bertz CT molecular complexity index is 903. The van der Waals surface area contributed by atoms with Crippen molar-refractivity contribution in [3.05, 3.63) is 40.2 Å². The van der Waals surface area contributed by atoms with E-state index in [-0.39, 0.29) is 22.8 Å². The SMILES string of the molecule is O=C(O)C(F)(F)F.O=C(c1cc2ccc(O)cc2oc1=O)N1CCNCC1. The Hall–Kier alpha value is -3.08. The van der Waals surface area contributed by atoms with Gasteiger partial charge in [0.05, 0.1) is 0 Å². The summed E-state index contributed by atoms with van der Waals surface area (Å²) in [5.41, 5.74) is -0.372. The molecule has 8 nitrogen and oxygen atoms in total. The molecule has 0 bridgehead atoms. The van der Waals surface area contributed by atoms with Crippen LogP contribution in [0.4, 0.5) is 13.2 Å². The third kappa shape index (κ3) is 5.20. The maximum atomic E-state index is 12.3. The van der Waals surface area contributed by atoms with Crippen LogP contribution in [0, 0.1) is 0 Å². The van der Waals surface area contributed by atoms with E-state index in [1.807, 2.05) is 0 Å². The van der Waals surface area contributed by atoms with Gasteiger partial charge >= 0.3 is 17.8 Å². The van der Waals surface area contributed by atoms with Crippen molar-refractivity contribution in [3.63, 3.8) is 0 Å². The molecule has 1 aromatic heterocycles. The molecule has 2 heterocycles. The van der Waals surface area contributed by atoms with Gasteiger partial charge in [-0.3, -0.25) is 4.79 Å². The molecule has 0 saturated carbocycles. The predicted octanol–water partition coefficient (Wildman–Crippen LogP) is 1.18. The highest BCUT2D eigenvalue weighted by atomic mass is 19.4. The second kappa shape index (κ2) is 8.08. The number of benzene rings is 1. The highest BCUT2D eigenvalue weighted by Crippen LogP contribution is 2.19. The molecular weight excluding hydrogens is 373 g/mol. The highest BCUT2D eigenvalue weighted by Gasteiger charge is 2.38. The number of rotatable bonds is 1. The number of aliphatic carboxylic acids is 1. The van der Waals surface area contributed by atoms with Gasteiger partial charge in [0.25, 0.3) is 5.91 Å². The van der Waals surface area contributed by atoms with E-state index < -0.39 is 17.8 Å². The first-order chi connectivity index (χ1) is 12.6. The number of amides is 1. The van der Waals surface area contributed by atoms with E-state index in [1.165, 1.54) is 18.2 Å². The molecule has 1 saturated heterocycles. The van der Waals surface area contributed by atoms with Crippen molar-refractivity contribution in [3.8, 4) is 5.75 Å². The summed E-state index contributed by atoms with van der Waals surface area (Å²) in [6.45, 7) is 2.59. The Morgan fingerprint density at radius 2 is 1.74 bits per heavy atom. The number of carboxylic acids is 1. The van der Waals surface area contributed by atoms with Crippen LogP contribution in [0.5, 0.6) is 5.75 Å². The third-order valence-electron chi connectivity index (χ3n) is 3.60. The number of piperazine rings is 1. The van der Waals surface area contributed by atoms with Crippen LogP contribution in [0.25, 0.3) is 11.0 Å². The molecule has 1 aliphatic heterocycles. The normalized spacial score (nSPS) is 14.4. The standard InChI is InChI=1S/C14H14N2O4.C2HF3O2/c17-10-2-1-9-7-11(14(19)20-12(9)8-10)13(18)16-5-3-15-4-6-16;3-2(4,5)1(6)7/h1-2,7-8,15,17H,3-6H2;(H,6,7). The third-order valence-corrected chi connectivity index (χ3v) is 3.60. The van der Waals surface area contributed by atoms with Gasteiger partial charge in [-0.1, -0.05) is 0 Å². The zero-order valence-corrected chi connectivity index (χ0v) is 13.7. The summed E-state index contributed by atoms with van der Waals surface area (Å²) in [6.07, 6.45) is -5.08. The quantitative estimate of drug-likeness (QED) is 0.628. The average molecular weight is 388 g/mol. The summed E-state index contributed by atoms with van der Waals surface area (Å²) < 4.78 is 36.8. The summed E-state index contributed by atoms with van der Waals surface area (Å²) >= 11 is 0. The minimum atomic E-state index is -5.08. The molecule has 0 unspecified atom stereocenters. The number of hydrogen-bond donors (Lipinski definition) is 3. The van der Waals surface area contributed by atoms with Crippen LogP contribution in [-0.4, -0.2) is 59.3 Å². The first kappa shape index (κ1) is 20.2. The summed E-state index contributed by atoms with van der Waals surface area (Å²) in [6, 6.07) is 5.98. The number of nitrogens with zero attached hydrogens (tertiary/aromatic N) is 1. The molecule has 1 aromatic carbocycles. The van der Waals surface area contributed by atoms with Gasteiger partial charge in [0.1, 0.15) is 16.9 Å². The summed E-state index contributed by atoms with van der Waals surface area (Å²) in [5.74, 6) is -3.05. The molecule has 27 heavy (non-hydrogen) atoms. The van der Waals surface area contributed by atoms with Crippen molar-refractivity contribution in [2.24, 2.45) is 0 Å². The fourth-order valence-corrected chi connectivity index (χ4v) is 2.29. The number of alkyl halides is 3. The van der Waals surface area contributed by atoms with E-state index >= 15 is 0 Å². The lowest BCUT2D eigenvalue weighted by molar-refractivity contribution is -0.192.